The van der Waals surface area contributed by atoms with Crippen LogP contribution in [0.1, 0.15) is 51.9 Å². The third-order valence-electron chi connectivity index (χ3n) is 5.34. The average molecular weight is 311 g/mol. The lowest BCUT2D eigenvalue weighted by atomic mass is 9.83. The fourth-order valence-electron chi connectivity index (χ4n) is 3.36. The third kappa shape index (κ3) is 4.85. The fraction of sp³-hybridized carbons (Fsp3) is 0.941. The Kier molecular flexibility index (Phi) is 6.50. The molecule has 0 aromatic rings. The highest BCUT2D eigenvalue weighted by molar-refractivity contribution is 5.79. The zero-order valence-corrected chi connectivity index (χ0v) is 14.3. The summed E-state index contributed by atoms with van der Waals surface area (Å²) in [5.74, 6) is 0.894. The summed E-state index contributed by atoms with van der Waals surface area (Å²) in [5.41, 5.74) is 0.434. The molecule has 2 aliphatic rings. The maximum atomic E-state index is 9.42. The number of methoxy groups -OCH3 is 1. The van der Waals surface area contributed by atoms with E-state index in [-0.39, 0.29) is 12.0 Å². The molecular weight excluding hydrogens is 278 g/mol. The van der Waals surface area contributed by atoms with Gasteiger partial charge >= 0.3 is 0 Å². The predicted octanol–water partition coefficient (Wildman–Crippen LogP) is 1.91. The zero-order valence-electron chi connectivity index (χ0n) is 14.3. The van der Waals surface area contributed by atoms with E-state index in [0.29, 0.717) is 5.41 Å². The van der Waals surface area contributed by atoms with Gasteiger partial charge in [0.15, 0.2) is 5.96 Å². The van der Waals surface area contributed by atoms with Crippen LogP contribution in [0.5, 0.6) is 0 Å². The summed E-state index contributed by atoms with van der Waals surface area (Å²) in [7, 11) is 1.78. The van der Waals surface area contributed by atoms with Crippen molar-refractivity contribution in [1.29, 1.82) is 0 Å². The van der Waals surface area contributed by atoms with Crippen LogP contribution < -0.4 is 10.6 Å². The number of nitrogens with one attached hydrogen (secondary N) is 2. The Morgan fingerprint density at radius 2 is 1.86 bits per heavy atom. The van der Waals surface area contributed by atoms with Crippen LogP contribution in [0.15, 0.2) is 4.99 Å². The summed E-state index contributed by atoms with van der Waals surface area (Å²) in [6.45, 7) is 5.74. The standard InChI is InChI=1S/C17H33N3O2/c1-3-18-15(20-13-17(14-21)8-9-17)19-12-16(10-11-22-2)6-4-5-7-16/h21H,3-14H2,1-2H3,(H2,18,19,20). The number of ether oxygens (including phenoxy) is 1. The molecular formula is C17H33N3O2. The number of hydrogen-bond acceptors (Lipinski definition) is 3. The van der Waals surface area contributed by atoms with Crippen LogP contribution in [-0.4, -0.2) is 51.0 Å². The van der Waals surface area contributed by atoms with E-state index in [0.717, 1.165) is 51.5 Å². The van der Waals surface area contributed by atoms with Crippen molar-refractivity contribution in [2.45, 2.75) is 51.9 Å². The number of guanidine groups is 1. The predicted molar refractivity (Wildman–Crippen MR) is 90.1 cm³/mol. The lowest BCUT2D eigenvalue weighted by Gasteiger charge is -2.30. The van der Waals surface area contributed by atoms with Crippen molar-refractivity contribution in [3.63, 3.8) is 0 Å². The molecule has 0 amide bonds. The minimum Gasteiger partial charge on any atom is -0.396 e. The average Bonchev–Trinajstić information content (AvgIpc) is 3.18. The molecule has 0 unspecified atom stereocenters. The van der Waals surface area contributed by atoms with Crippen molar-refractivity contribution >= 4 is 5.96 Å². The summed E-state index contributed by atoms with van der Waals surface area (Å²) < 4.78 is 5.30. The molecule has 5 heteroatoms. The van der Waals surface area contributed by atoms with Gasteiger partial charge in [-0.2, -0.15) is 0 Å². The molecule has 0 spiro atoms. The number of aliphatic hydroxyl groups excluding tert-OH is 1. The summed E-state index contributed by atoms with van der Waals surface area (Å²) in [6, 6.07) is 0. The Morgan fingerprint density at radius 3 is 2.41 bits per heavy atom. The minimum atomic E-state index is 0.0729. The molecule has 128 valence electrons. The van der Waals surface area contributed by atoms with Gasteiger partial charge in [0.25, 0.3) is 0 Å². The third-order valence-corrected chi connectivity index (χ3v) is 5.34. The first-order valence-electron chi connectivity index (χ1n) is 8.80. The summed E-state index contributed by atoms with van der Waals surface area (Å²) in [5, 5.41) is 16.3. The fourth-order valence-corrected chi connectivity index (χ4v) is 3.36. The van der Waals surface area contributed by atoms with Crippen molar-refractivity contribution in [3.8, 4) is 0 Å². The molecule has 2 rings (SSSR count). The Bertz CT molecular complexity index is 361. The number of aliphatic hydroxyl groups is 1. The molecule has 0 heterocycles. The van der Waals surface area contributed by atoms with Gasteiger partial charge in [0.05, 0.1) is 13.2 Å². The van der Waals surface area contributed by atoms with Gasteiger partial charge in [-0.05, 0) is 44.4 Å². The van der Waals surface area contributed by atoms with E-state index >= 15 is 0 Å². The monoisotopic (exact) mass is 311 g/mol. The van der Waals surface area contributed by atoms with E-state index in [1.54, 1.807) is 7.11 Å². The van der Waals surface area contributed by atoms with Crippen LogP contribution in [0, 0.1) is 10.8 Å². The van der Waals surface area contributed by atoms with Crippen molar-refractivity contribution in [1.82, 2.24) is 10.6 Å². The van der Waals surface area contributed by atoms with Gasteiger partial charge in [-0.15, -0.1) is 0 Å². The van der Waals surface area contributed by atoms with Crippen molar-refractivity contribution in [2.24, 2.45) is 15.8 Å². The summed E-state index contributed by atoms with van der Waals surface area (Å²) in [4.78, 5) is 4.69. The second-order valence-corrected chi connectivity index (χ2v) is 7.16. The number of rotatable bonds is 9. The van der Waals surface area contributed by atoms with E-state index < -0.39 is 0 Å². The van der Waals surface area contributed by atoms with Gasteiger partial charge in [-0.3, -0.25) is 4.99 Å². The molecule has 0 bridgehead atoms. The van der Waals surface area contributed by atoms with Crippen LogP contribution in [0.3, 0.4) is 0 Å². The number of aliphatic imine (C=N–C) groups is 1. The Morgan fingerprint density at radius 1 is 1.14 bits per heavy atom. The minimum absolute atomic E-state index is 0.0729. The topological polar surface area (TPSA) is 65.9 Å². The van der Waals surface area contributed by atoms with Crippen LogP contribution in [0.2, 0.25) is 0 Å². The number of hydrogen-bond donors (Lipinski definition) is 3. The van der Waals surface area contributed by atoms with Gasteiger partial charge in [-0.1, -0.05) is 12.8 Å². The quantitative estimate of drug-likeness (QED) is 0.449. The van der Waals surface area contributed by atoms with Gasteiger partial charge in [0.2, 0.25) is 0 Å². The molecule has 2 fully saturated rings. The molecule has 5 nitrogen and oxygen atoms in total. The maximum absolute atomic E-state index is 9.42. The van der Waals surface area contributed by atoms with Crippen molar-refractivity contribution in [2.75, 3.05) is 40.0 Å². The highest BCUT2D eigenvalue weighted by Crippen LogP contribution is 2.45. The largest absolute Gasteiger partial charge is 0.396 e. The second-order valence-electron chi connectivity index (χ2n) is 7.16. The van der Waals surface area contributed by atoms with E-state index in [1.807, 2.05) is 0 Å². The first kappa shape index (κ1) is 17.5. The van der Waals surface area contributed by atoms with Crippen molar-refractivity contribution < 1.29 is 9.84 Å². The van der Waals surface area contributed by atoms with Gasteiger partial charge in [-0.25, -0.2) is 0 Å². The summed E-state index contributed by atoms with van der Waals surface area (Å²) in [6.07, 6.45) is 8.54. The van der Waals surface area contributed by atoms with E-state index in [4.69, 9.17) is 9.73 Å². The lowest BCUT2D eigenvalue weighted by Crippen LogP contribution is -2.43. The van der Waals surface area contributed by atoms with Gasteiger partial charge in [0.1, 0.15) is 0 Å². The second kappa shape index (κ2) is 8.16. The number of nitrogens with zero attached hydrogens (tertiary/aromatic N) is 1. The van der Waals surface area contributed by atoms with E-state index in [9.17, 15) is 5.11 Å². The van der Waals surface area contributed by atoms with E-state index in [1.165, 1.54) is 25.7 Å². The van der Waals surface area contributed by atoms with Crippen LogP contribution >= 0.6 is 0 Å². The SMILES string of the molecule is CCNC(=NCC1(CO)CC1)NCC1(CCOC)CCCC1. The zero-order chi connectivity index (χ0) is 15.9. The van der Waals surface area contributed by atoms with E-state index in [2.05, 4.69) is 17.6 Å². The molecule has 0 saturated heterocycles. The Labute approximate surface area is 134 Å². The van der Waals surface area contributed by atoms with Gasteiger partial charge in [0, 0.05) is 32.2 Å². The molecule has 0 atom stereocenters. The first-order valence-corrected chi connectivity index (χ1v) is 8.80. The molecule has 2 aliphatic carbocycles. The molecule has 0 aromatic heterocycles. The highest BCUT2D eigenvalue weighted by Gasteiger charge is 2.42. The summed E-state index contributed by atoms with van der Waals surface area (Å²) >= 11 is 0. The van der Waals surface area contributed by atoms with Gasteiger partial charge < -0.3 is 20.5 Å². The molecule has 0 radical (unpaired) electrons. The smallest absolute Gasteiger partial charge is 0.191 e. The molecule has 0 aromatic carbocycles. The molecule has 0 aliphatic heterocycles. The van der Waals surface area contributed by atoms with Crippen LogP contribution in [0.25, 0.3) is 0 Å². The Hall–Kier alpha value is -0.810. The molecule has 2 saturated carbocycles. The maximum Gasteiger partial charge on any atom is 0.191 e. The van der Waals surface area contributed by atoms with Crippen molar-refractivity contribution in [3.05, 3.63) is 0 Å². The molecule has 22 heavy (non-hydrogen) atoms. The normalized spacial score (nSPS) is 22.6. The lowest BCUT2D eigenvalue weighted by molar-refractivity contribution is 0.138. The van der Waals surface area contributed by atoms with Crippen LogP contribution in [-0.2, 0) is 4.74 Å². The highest BCUT2D eigenvalue weighted by atomic mass is 16.5. The first-order chi connectivity index (χ1) is 10.7. The van der Waals surface area contributed by atoms with Crippen LogP contribution in [0.4, 0.5) is 0 Å². The Balaban J connectivity index is 1.87. The molecule has 3 N–H and O–H groups in total.